The Kier molecular flexibility index (Phi) is 8.38. The number of hydrogen-bond acceptors (Lipinski definition) is 1. The van der Waals surface area contributed by atoms with Crippen molar-refractivity contribution in [2.24, 2.45) is 17.8 Å². The minimum atomic E-state index is -3.80. The van der Waals surface area contributed by atoms with Gasteiger partial charge in [0.25, 0.3) is 0 Å². The van der Waals surface area contributed by atoms with Gasteiger partial charge in [-0.1, -0.05) is 64.0 Å². The van der Waals surface area contributed by atoms with Crippen molar-refractivity contribution >= 4 is 0 Å². The highest BCUT2D eigenvalue weighted by Crippen LogP contribution is 2.41. The van der Waals surface area contributed by atoms with Crippen molar-refractivity contribution in [3.05, 3.63) is 65.0 Å². The molecule has 2 aromatic rings. The van der Waals surface area contributed by atoms with Crippen molar-refractivity contribution in [3.8, 4) is 5.75 Å². The Morgan fingerprint density at radius 3 is 1.74 bits per heavy atom. The molecule has 2 aliphatic rings. The zero-order valence-electron chi connectivity index (χ0n) is 20.3. The predicted molar refractivity (Wildman–Crippen MR) is 127 cm³/mol. The zero-order valence-corrected chi connectivity index (χ0v) is 20.3. The van der Waals surface area contributed by atoms with Gasteiger partial charge in [-0.15, -0.1) is 0 Å². The average Bonchev–Trinajstić information content (AvgIpc) is 2.86. The van der Waals surface area contributed by atoms with E-state index in [4.69, 9.17) is 0 Å². The molecule has 0 aromatic heterocycles. The first-order valence-electron chi connectivity index (χ1n) is 13.1. The Morgan fingerprint density at radius 2 is 1.23 bits per heavy atom. The van der Waals surface area contributed by atoms with E-state index in [0.29, 0.717) is 18.1 Å². The molecule has 2 aliphatic carbocycles. The van der Waals surface area contributed by atoms with Crippen LogP contribution in [0.15, 0.2) is 36.4 Å². The summed E-state index contributed by atoms with van der Waals surface area (Å²) >= 11 is 0. The van der Waals surface area contributed by atoms with E-state index < -0.39 is 34.9 Å². The molecule has 0 heterocycles. The van der Waals surface area contributed by atoms with Crippen LogP contribution in [0.2, 0.25) is 0 Å². The lowest BCUT2D eigenvalue weighted by Crippen LogP contribution is -2.22. The molecule has 0 saturated heterocycles. The fourth-order valence-corrected chi connectivity index (χ4v) is 5.93. The molecule has 0 amide bonds. The van der Waals surface area contributed by atoms with E-state index in [0.717, 1.165) is 36.2 Å². The summed E-state index contributed by atoms with van der Waals surface area (Å²) < 4.78 is 73.4. The molecule has 6 heteroatoms. The second kappa shape index (κ2) is 11.3. The fraction of sp³-hybridized carbons (Fsp3) is 0.586. The number of hydrogen-bond donors (Lipinski definition) is 0. The average molecular weight is 495 g/mol. The summed E-state index contributed by atoms with van der Waals surface area (Å²) in [5.41, 5.74) is 0.609. The van der Waals surface area contributed by atoms with Crippen molar-refractivity contribution in [1.82, 2.24) is 0 Å². The Morgan fingerprint density at radius 1 is 0.743 bits per heavy atom. The van der Waals surface area contributed by atoms with Gasteiger partial charge in [0, 0.05) is 12.1 Å². The maximum atomic E-state index is 14.5. The molecule has 0 unspecified atom stereocenters. The zero-order chi connectivity index (χ0) is 25.0. The minimum Gasteiger partial charge on any atom is -0.429 e. The predicted octanol–water partition coefficient (Wildman–Crippen LogP) is 9.50. The topological polar surface area (TPSA) is 9.23 Å². The lowest BCUT2D eigenvalue weighted by molar-refractivity contribution is -0.185. The van der Waals surface area contributed by atoms with Crippen molar-refractivity contribution in [3.63, 3.8) is 0 Å². The molecule has 2 aromatic carbocycles. The van der Waals surface area contributed by atoms with Gasteiger partial charge in [0.15, 0.2) is 17.5 Å². The summed E-state index contributed by atoms with van der Waals surface area (Å²) in [5, 5.41) is 0. The van der Waals surface area contributed by atoms with Gasteiger partial charge < -0.3 is 4.74 Å². The van der Waals surface area contributed by atoms with Gasteiger partial charge in [0.05, 0.1) is 5.56 Å². The number of benzene rings is 2. The Hall–Kier alpha value is -2.11. The summed E-state index contributed by atoms with van der Waals surface area (Å²) in [5.74, 6) is -2.69. The number of halogens is 5. The van der Waals surface area contributed by atoms with Crippen LogP contribution in [0.1, 0.15) is 94.6 Å². The Bertz CT molecular complexity index is 935. The molecule has 0 radical (unpaired) electrons. The van der Waals surface area contributed by atoms with Crippen LogP contribution in [0.3, 0.4) is 0 Å². The van der Waals surface area contributed by atoms with Gasteiger partial charge >= 0.3 is 6.11 Å². The van der Waals surface area contributed by atoms with E-state index in [-0.39, 0.29) is 0 Å². The Labute approximate surface area is 205 Å². The molecule has 0 bridgehead atoms. The van der Waals surface area contributed by atoms with E-state index in [2.05, 4.69) is 11.7 Å². The SMILES string of the molecule is CC[C@H]1CC[C@H](CC[C@H]2CC[C@H](c3ccc(C(F)(F)Oc4cc(F)c(F)c(F)c4)cc3)CC2)CC1. The molecule has 35 heavy (non-hydrogen) atoms. The van der Waals surface area contributed by atoms with E-state index in [1.165, 1.54) is 69.9 Å². The molecular weight excluding hydrogens is 459 g/mol. The van der Waals surface area contributed by atoms with Crippen molar-refractivity contribution < 1.29 is 26.7 Å². The van der Waals surface area contributed by atoms with E-state index in [1.807, 2.05) is 0 Å². The van der Waals surface area contributed by atoms with Crippen molar-refractivity contribution in [1.29, 1.82) is 0 Å². The number of alkyl halides is 2. The second-order valence-corrected chi connectivity index (χ2v) is 10.5. The third-order valence-electron chi connectivity index (χ3n) is 8.30. The first-order chi connectivity index (χ1) is 16.7. The van der Waals surface area contributed by atoms with Crippen LogP contribution in [0.5, 0.6) is 5.75 Å². The van der Waals surface area contributed by atoms with Crippen LogP contribution in [0.25, 0.3) is 0 Å². The molecule has 0 atom stereocenters. The molecule has 0 spiro atoms. The van der Waals surface area contributed by atoms with Gasteiger partial charge in [-0.3, -0.25) is 0 Å². The standard InChI is InChI=1S/C29H35F5O/c1-2-19-3-5-20(6-4-19)7-8-21-9-11-22(12-10-21)23-13-15-24(16-14-23)29(33,34)35-25-17-26(30)28(32)27(31)18-25/h13-22H,2-12H2,1H3/t19-,20-,21-,22-. The summed E-state index contributed by atoms with van der Waals surface area (Å²) in [6.07, 6.45) is 10.2. The van der Waals surface area contributed by atoms with Crippen LogP contribution in [0, 0.1) is 35.2 Å². The summed E-state index contributed by atoms with van der Waals surface area (Å²) in [4.78, 5) is 0. The van der Waals surface area contributed by atoms with Crippen LogP contribution < -0.4 is 4.74 Å². The number of rotatable bonds is 8. The lowest BCUT2D eigenvalue weighted by Gasteiger charge is -2.32. The molecule has 4 rings (SSSR count). The molecule has 1 nitrogen and oxygen atoms in total. The maximum absolute atomic E-state index is 14.5. The first-order valence-corrected chi connectivity index (χ1v) is 13.1. The van der Waals surface area contributed by atoms with Crippen LogP contribution >= 0.6 is 0 Å². The fourth-order valence-electron chi connectivity index (χ4n) is 5.93. The van der Waals surface area contributed by atoms with E-state index in [9.17, 15) is 22.0 Å². The largest absolute Gasteiger partial charge is 0.429 e. The number of ether oxygens (including phenoxy) is 1. The van der Waals surface area contributed by atoms with Gasteiger partial charge in [-0.25, -0.2) is 13.2 Å². The summed E-state index contributed by atoms with van der Waals surface area (Å²) in [7, 11) is 0. The lowest BCUT2D eigenvalue weighted by atomic mass is 9.74. The highest BCUT2D eigenvalue weighted by molar-refractivity contribution is 5.30. The normalized spacial score (nSPS) is 25.4. The molecule has 0 aliphatic heterocycles. The molecule has 2 saturated carbocycles. The second-order valence-electron chi connectivity index (χ2n) is 10.5. The summed E-state index contributed by atoms with van der Waals surface area (Å²) in [6.45, 7) is 2.30. The molecule has 192 valence electrons. The maximum Gasteiger partial charge on any atom is 0.426 e. The van der Waals surface area contributed by atoms with Crippen LogP contribution in [0.4, 0.5) is 22.0 Å². The third kappa shape index (κ3) is 6.56. The molecule has 0 N–H and O–H groups in total. The van der Waals surface area contributed by atoms with Gasteiger partial charge in [0.2, 0.25) is 0 Å². The van der Waals surface area contributed by atoms with Crippen molar-refractivity contribution in [2.75, 3.05) is 0 Å². The highest BCUT2D eigenvalue weighted by atomic mass is 19.3. The van der Waals surface area contributed by atoms with Crippen molar-refractivity contribution in [2.45, 2.75) is 89.6 Å². The van der Waals surface area contributed by atoms with Crippen LogP contribution in [-0.2, 0) is 6.11 Å². The molecular formula is C29H35F5O. The molecule has 2 fully saturated rings. The summed E-state index contributed by atoms with van der Waals surface area (Å²) in [6, 6.07) is 6.80. The van der Waals surface area contributed by atoms with Crippen LogP contribution in [-0.4, -0.2) is 0 Å². The monoisotopic (exact) mass is 494 g/mol. The third-order valence-corrected chi connectivity index (χ3v) is 8.30. The van der Waals surface area contributed by atoms with Gasteiger partial charge in [-0.05, 0) is 67.1 Å². The minimum absolute atomic E-state index is 0.357. The van der Waals surface area contributed by atoms with E-state index >= 15 is 0 Å². The smallest absolute Gasteiger partial charge is 0.426 e. The van der Waals surface area contributed by atoms with E-state index in [1.54, 1.807) is 12.1 Å². The van der Waals surface area contributed by atoms with Gasteiger partial charge in [0.1, 0.15) is 5.75 Å². The first kappa shape index (κ1) is 26.0. The quantitative estimate of drug-likeness (QED) is 0.262. The Balaban J connectivity index is 1.27. The van der Waals surface area contributed by atoms with Gasteiger partial charge in [-0.2, -0.15) is 8.78 Å². The highest BCUT2D eigenvalue weighted by Gasteiger charge is 2.35.